The summed E-state index contributed by atoms with van der Waals surface area (Å²) >= 11 is 0. The van der Waals surface area contributed by atoms with Crippen LogP contribution in [0.25, 0.3) is 0 Å². The van der Waals surface area contributed by atoms with E-state index in [9.17, 15) is 8.78 Å². The fraction of sp³-hybridized carbons (Fsp3) is 0.143. The summed E-state index contributed by atoms with van der Waals surface area (Å²) in [7, 11) is 1.83. The van der Waals surface area contributed by atoms with Crippen molar-refractivity contribution in [1.29, 1.82) is 0 Å². The largest absolute Gasteiger partial charge is 0.398 e. The highest BCUT2D eigenvalue weighted by Crippen LogP contribution is 2.20. The van der Waals surface area contributed by atoms with Gasteiger partial charge < -0.3 is 10.6 Å². The van der Waals surface area contributed by atoms with Gasteiger partial charge in [0.15, 0.2) is 0 Å². The molecule has 0 heterocycles. The van der Waals surface area contributed by atoms with E-state index >= 15 is 0 Å². The van der Waals surface area contributed by atoms with E-state index in [1.807, 2.05) is 18.0 Å². The zero-order chi connectivity index (χ0) is 13.1. The molecule has 0 amide bonds. The quantitative estimate of drug-likeness (QED) is 0.845. The van der Waals surface area contributed by atoms with Crippen molar-refractivity contribution in [1.82, 2.24) is 0 Å². The van der Waals surface area contributed by atoms with E-state index in [-0.39, 0.29) is 11.6 Å². The maximum atomic E-state index is 13.1. The first kappa shape index (κ1) is 12.4. The van der Waals surface area contributed by atoms with Crippen molar-refractivity contribution in [2.45, 2.75) is 6.54 Å². The molecule has 94 valence electrons. The molecule has 2 rings (SSSR count). The first-order chi connectivity index (χ1) is 8.56. The van der Waals surface area contributed by atoms with Crippen molar-refractivity contribution >= 4 is 11.4 Å². The molecule has 0 unspecified atom stereocenters. The fourth-order valence-corrected chi connectivity index (χ4v) is 1.77. The molecule has 2 aromatic rings. The lowest BCUT2D eigenvalue weighted by Gasteiger charge is -2.20. The van der Waals surface area contributed by atoms with Gasteiger partial charge in [-0.05, 0) is 35.9 Å². The van der Waals surface area contributed by atoms with Gasteiger partial charge in [-0.25, -0.2) is 8.78 Å². The van der Waals surface area contributed by atoms with Crippen LogP contribution in [0.3, 0.4) is 0 Å². The third-order valence-electron chi connectivity index (χ3n) is 2.76. The third-order valence-corrected chi connectivity index (χ3v) is 2.76. The number of anilines is 2. The minimum Gasteiger partial charge on any atom is -0.398 e. The summed E-state index contributed by atoms with van der Waals surface area (Å²) in [6.45, 7) is 0.496. The van der Waals surface area contributed by atoms with Crippen LogP contribution in [0.2, 0.25) is 0 Å². The number of nitrogen functional groups attached to an aromatic ring is 1. The van der Waals surface area contributed by atoms with E-state index in [0.717, 1.165) is 11.3 Å². The number of rotatable bonds is 3. The number of hydrogen-bond acceptors (Lipinski definition) is 2. The fourth-order valence-electron chi connectivity index (χ4n) is 1.77. The zero-order valence-corrected chi connectivity index (χ0v) is 10.0. The van der Waals surface area contributed by atoms with Crippen LogP contribution in [-0.4, -0.2) is 7.05 Å². The summed E-state index contributed by atoms with van der Waals surface area (Å²) < 4.78 is 26.0. The molecular weight excluding hydrogens is 234 g/mol. The molecule has 0 aromatic heterocycles. The lowest BCUT2D eigenvalue weighted by Crippen LogP contribution is -2.17. The Bertz CT molecular complexity index is 555. The number of hydrogen-bond donors (Lipinski definition) is 1. The molecule has 4 heteroatoms. The molecule has 0 bridgehead atoms. The summed E-state index contributed by atoms with van der Waals surface area (Å²) in [5, 5.41) is 0. The highest BCUT2D eigenvalue weighted by atomic mass is 19.1. The molecule has 0 aliphatic heterocycles. The Morgan fingerprint density at radius 3 is 2.44 bits per heavy atom. The van der Waals surface area contributed by atoms with Gasteiger partial charge in [-0.15, -0.1) is 0 Å². The van der Waals surface area contributed by atoms with E-state index in [1.54, 1.807) is 12.1 Å². The van der Waals surface area contributed by atoms with E-state index in [1.165, 1.54) is 24.3 Å². The van der Waals surface area contributed by atoms with Crippen molar-refractivity contribution in [3.63, 3.8) is 0 Å². The topological polar surface area (TPSA) is 29.3 Å². The number of halogens is 2. The predicted molar refractivity (Wildman–Crippen MR) is 69.3 cm³/mol. The van der Waals surface area contributed by atoms with Gasteiger partial charge in [0.1, 0.15) is 11.6 Å². The summed E-state index contributed by atoms with van der Waals surface area (Å²) in [5.74, 6) is -0.643. The molecule has 2 N–H and O–H groups in total. The van der Waals surface area contributed by atoms with E-state index in [2.05, 4.69) is 0 Å². The van der Waals surface area contributed by atoms with Gasteiger partial charge in [-0.2, -0.15) is 0 Å². The van der Waals surface area contributed by atoms with Gasteiger partial charge in [0.05, 0.1) is 0 Å². The van der Waals surface area contributed by atoms with Crippen LogP contribution >= 0.6 is 0 Å². The Hall–Kier alpha value is -2.10. The first-order valence-electron chi connectivity index (χ1n) is 5.57. The Morgan fingerprint density at radius 2 is 1.78 bits per heavy atom. The second-order valence-corrected chi connectivity index (χ2v) is 4.18. The van der Waals surface area contributed by atoms with Gasteiger partial charge in [0, 0.05) is 25.0 Å². The van der Waals surface area contributed by atoms with Crippen LogP contribution in [0.5, 0.6) is 0 Å². The molecule has 2 nitrogen and oxygen atoms in total. The Morgan fingerprint density at radius 1 is 1.06 bits per heavy atom. The molecule has 0 radical (unpaired) electrons. The monoisotopic (exact) mass is 248 g/mol. The van der Waals surface area contributed by atoms with Crippen LogP contribution < -0.4 is 10.6 Å². The molecule has 0 saturated carbocycles. The SMILES string of the molecule is CN(Cc1ccc(F)cc1N)c1cccc(F)c1. The lowest BCUT2D eigenvalue weighted by molar-refractivity contribution is 0.626. The first-order valence-corrected chi connectivity index (χ1v) is 5.57. The zero-order valence-electron chi connectivity index (χ0n) is 10.0. The van der Waals surface area contributed by atoms with Gasteiger partial charge >= 0.3 is 0 Å². The average Bonchev–Trinajstić information content (AvgIpc) is 2.32. The molecule has 0 spiro atoms. The summed E-state index contributed by atoms with van der Waals surface area (Å²) in [5.41, 5.74) is 7.70. The highest BCUT2D eigenvalue weighted by Gasteiger charge is 2.06. The molecule has 2 aromatic carbocycles. The molecule has 0 saturated heterocycles. The summed E-state index contributed by atoms with van der Waals surface area (Å²) in [6.07, 6.45) is 0. The Labute approximate surface area is 105 Å². The van der Waals surface area contributed by atoms with Crippen LogP contribution in [0.15, 0.2) is 42.5 Å². The van der Waals surface area contributed by atoms with Crippen LogP contribution in [0.1, 0.15) is 5.56 Å². The molecule has 0 aliphatic carbocycles. The van der Waals surface area contributed by atoms with Crippen LogP contribution in [-0.2, 0) is 6.54 Å². The Kier molecular flexibility index (Phi) is 3.46. The maximum Gasteiger partial charge on any atom is 0.125 e. The van der Waals surface area contributed by atoms with E-state index < -0.39 is 0 Å². The lowest BCUT2D eigenvalue weighted by atomic mass is 10.1. The summed E-state index contributed by atoms with van der Waals surface area (Å²) in [4.78, 5) is 1.85. The van der Waals surface area contributed by atoms with Crippen LogP contribution in [0, 0.1) is 11.6 Å². The minimum absolute atomic E-state index is 0.286. The molecule has 0 fully saturated rings. The maximum absolute atomic E-state index is 13.1. The van der Waals surface area contributed by atoms with Crippen molar-refractivity contribution in [2.24, 2.45) is 0 Å². The van der Waals surface area contributed by atoms with Crippen molar-refractivity contribution in [2.75, 3.05) is 17.7 Å². The van der Waals surface area contributed by atoms with Gasteiger partial charge in [0.25, 0.3) is 0 Å². The minimum atomic E-state index is -0.357. The highest BCUT2D eigenvalue weighted by molar-refractivity contribution is 5.51. The standard InChI is InChI=1S/C14H14F2N2/c1-18(13-4-2-3-11(15)7-13)9-10-5-6-12(16)8-14(10)17/h2-8H,9,17H2,1H3. The van der Waals surface area contributed by atoms with Crippen molar-refractivity contribution < 1.29 is 8.78 Å². The number of benzene rings is 2. The Balaban J connectivity index is 2.18. The summed E-state index contributed by atoms with van der Waals surface area (Å²) in [6, 6.07) is 10.6. The normalized spacial score (nSPS) is 10.4. The number of nitrogens with two attached hydrogens (primary N) is 1. The van der Waals surface area contributed by atoms with Gasteiger partial charge in [0.2, 0.25) is 0 Å². The second kappa shape index (κ2) is 5.04. The molecule has 0 aliphatic rings. The smallest absolute Gasteiger partial charge is 0.125 e. The number of nitrogens with zero attached hydrogens (tertiary/aromatic N) is 1. The predicted octanol–water partition coefficient (Wildman–Crippen LogP) is 3.18. The van der Waals surface area contributed by atoms with E-state index in [4.69, 9.17) is 5.73 Å². The third kappa shape index (κ3) is 2.77. The molecule has 0 atom stereocenters. The molecular formula is C14H14F2N2. The van der Waals surface area contributed by atoms with Gasteiger partial charge in [-0.1, -0.05) is 12.1 Å². The average molecular weight is 248 g/mol. The van der Waals surface area contributed by atoms with Crippen molar-refractivity contribution in [3.05, 3.63) is 59.7 Å². The van der Waals surface area contributed by atoms with Crippen molar-refractivity contribution in [3.8, 4) is 0 Å². The van der Waals surface area contributed by atoms with Crippen LogP contribution in [0.4, 0.5) is 20.2 Å². The second-order valence-electron chi connectivity index (χ2n) is 4.18. The van der Waals surface area contributed by atoms with Gasteiger partial charge in [-0.3, -0.25) is 0 Å². The molecule has 18 heavy (non-hydrogen) atoms. The van der Waals surface area contributed by atoms with E-state index in [0.29, 0.717) is 12.2 Å².